The van der Waals surface area contributed by atoms with Crippen molar-refractivity contribution in [2.45, 2.75) is 52.5 Å². The third-order valence-electron chi connectivity index (χ3n) is 5.95. The van der Waals surface area contributed by atoms with Crippen LogP contribution in [0.25, 0.3) is 11.0 Å². The number of carbonyl (C=O) groups excluding carboxylic acids is 1. The minimum atomic E-state index is -0.119. The molecule has 0 fully saturated rings. The number of aryl methyl sites for hydroxylation is 3. The van der Waals surface area contributed by atoms with Gasteiger partial charge in [0.05, 0.1) is 11.7 Å². The van der Waals surface area contributed by atoms with Crippen molar-refractivity contribution < 1.29 is 4.79 Å². The normalized spacial score (nSPS) is 16.6. The molecule has 0 radical (unpaired) electrons. The fraction of sp³-hybridized carbons (Fsp3) is 0.476. The van der Waals surface area contributed by atoms with Crippen molar-refractivity contribution in [3.05, 3.63) is 49.1 Å². The number of fused-ring (bicyclic) bond motifs is 2. The van der Waals surface area contributed by atoms with Crippen molar-refractivity contribution in [3.63, 3.8) is 0 Å². The van der Waals surface area contributed by atoms with Crippen LogP contribution in [0.1, 0.15) is 53.1 Å². The second kappa shape index (κ2) is 7.20. The fourth-order valence-corrected chi connectivity index (χ4v) is 5.49. The van der Waals surface area contributed by atoms with E-state index in [9.17, 15) is 9.59 Å². The number of thiophene rings is 1. The number of nitrogens with one attached hydrogen (secondary N) is 1. The highest BCUT2D eigenvalue weighted by molar-refractivity contribution is 7.10. The summed E-state index contributed by atoms with van der Waals surface area (Å²) in [5.41, 5.74) is 4.44. The first-order valence-electron chi connectivity index (χ1n) is 9.83. The maximum absolute atomic E-state index is 13.0. The predicted octanol–water partition coefficient (Wildman–Crippen LogP) is 3.41. The maximum atomic E-state index is 13.0. The van der Waals surface area contributed by atoms with Crippen LogP contribution in [0.15, 0.2) is 16.2 Å². The summed E-state index contributed by atoms with van der Waals surface area (Å²) >= 11 is 1.79. The molecule has 1 aliphatic rings. The molecule has 3 aromatic heterocycles. The van der Waals surface area contributed by atoms with Crippen LogP contribution in [-0.4, -0.2) is 32.1 Å². The first-order chi connectivity index (χ1) is 13.4. The van der Waals surface area contributed by atoms with Crippen molar-refractivity contribution in [2.75, 3.05) is 6.54 Å². The van der Waals surface area contributed by atoms with Crippen LogP contribution in [0, 0.1) is 13.8 Å². The van der Waals surface area contributed by atoms with Gasteiger partial charge in [0.25, 0.3) is 5.56 Å². The summed E-state index contributed by atoms with van der Waals surface area (Å²) in [5.74, 6) is 0.130. The summed E-state index contributed by atoms with van der Waals surface area (Å²) in [6.07, 6.45) is 2.64. The van der Waals surface area contributed by atoms with E-state index in [4.69, 9.17) is 0 Å². The average molecular weight is 399 g/mol. The van der Waals surface area contributed by atoms with Gasteiger partial charge in [-0.2, -0.15) is 5.10 Å². The van der Waals surface area contributed by atoms with Crippen LogP contribution >= 0.6 is 11.3 Å². The molecule has 0 spiro atoms. The number of hydrogen-bond acceptors (Lipinski definition) is 4. The largest absolute Gasteiger partial charge is 0.335 e. The van der Waals surface area contributed by atoms with Gasteiger partial charge in [-0.1, -0.05) is 6.92 Å². The molecule has 148 valence electrons. The van der Waals surface area contributed by atoms with E-state index in [1.54, 1.807) is 16.0 Å². The lowest BCUT2D eigenvalue weighted by atomic mass is 9.96. The third kappa shape index (κ3) is 2.98. The highest BCUT2D eigenvalue weighted by Gasteiger charge is 2.30. The van der Waals surface area contributed by atoms with Crippen LogP contribution < -0.4 is 5.56 Å². The zero-order chi connectivity index (χ0) is 20.0. The Morgan fingerprint density at radius 1 is 1.39 bits per heavy atom. The fourth-order valence-electron chi connectivity index (χ4n) is 4.57. The molecule has 3 aromatic rings. The SMILES string of the molecule is CCC1c2ccsc2CCN1C(=O)CCc1c(C)c2c(C)nn(C)c2[nH]c1=O. The molecule has 0 saturated heterocycles. The molecule has 0 saturated carbocycles. The molecule has 1 aliphatic heterocycles. The number of pyridine rings is 1. The van der Waals surface area contributed by atoms with Gasteiger partial charge in [-0.3, -0.25) is 14.3 Å². The molecule has 1 atom stereocenters. The predicted molar refractivity (Wildman–Crippen MR) is 112 cm³/mol. The molecule has 28 heavy (non-hydrogen) atoms. The number of amides is 1. The first-order valence-corrected chi connectivity index (χ1v) is 10.7. The van der Waals surface area contributed by atoms with E-state index in [0.29, 0.717) is 18.4 Å². The summed E-state index contributed by atoms with van der Waals surface area (Å²) < 4.78 is 1.70. The van der Waals surface area contributed by atoms with Crippen molar-refractivity contribution in [1.29, 1.82) is 0 Å². The highest BCUT2D eigenvalue weighted by atomic mass is 32.1. The molecule has 1 N–H and O–H groups in total. The first kappa shape index (κ1) is 18.9. The van der Waals surface area contributed by atoms with Crippen LogP contribution in [-0.2, 0) is 24.7 Å². The van der Waals surface area contributed by atoms with Gasteiger partial charge < -0.3 is 9.88 Å². The van der Waals surface area contributed by atoms with Gasteiger partial charge in [-0.15, -0.1) is 11.3 Å². The minimum absolute atomic E-state index is 0.119. The van der Waals surface area contributed by atoms with E-state index in [1.807, 2.05) is 25.8 Å². The Bertz CT molecular complexity index is 1110. The number of aromatic amines is 1. The van der Waals surface area contributed by atoms with E-state index >= 15 is 0 Å². The topological polar surface area (TPSA) is 71.0 Å². The smallest absolute Gasteiger partial charge is 0.253 e. The zero-order valence-corrected chi connectivity index (χ0v) is 17.7. The van der Waals surface area contributed by atoms with E-state index in [1.165, 1.54) is 10.4 Å². The average Bonchev–Trinajstić information content (AvgIpc) is 3.24. The Hall–Kier alpha value is -2.41. The molecule has 1 amide bonds. The monoisotopic (exact) mass is 398 g/mol. The molecule has 7 heteroatoms. The maximum Gasteiger partial charge on any atom is 0.253 e. The summed E-state index contributed by atoms with van der Waals surface area (Å²) in [4.78, 5) is 32.0. The summed E-state index contributed by atoms with van der Waals surface area (Å²) in [7, 11) is 1.83. The number of H-pyrrole nitrogens is 1. The van der Waals surface area contributed by atoms with Gasteiger partial charge >= 0.3 is 0 Å². The second-order valence-corrected chi connectivity index (χ2v) is 8.55. The van der Waals surface area contributed by atoms with Crippen molar-refractivity contribution in [1.82, 2.24) is 19.7 Å². The van der Waals surface area contributed by atoms with Crippen LogP contribution in [0.5, 0.6) is 0 Å². The van der Waals surface area contributed by atoms with E-state index in [-0.39, 0.29) is 17.5 Å². The number of aromatic nitrogens is 3. The molecule has 4 heterocycles. The zero-order valence-electron chi connectivity index (χ0n) is 16.8. The molecule has 0 bridgehead atoms. The summed E-state index contributed by atoms with van der Waals surface area (Å²) in [6.45, 7) is 6.80. The lowest BCUT2D eigenvalue weighted by Crippen LogP contribution is -2.39. The Labute approximate surface area is 168 Å². The van der Waals surface area contributed by atoms with Gasteiger partial charge in [0, 0.05) is 35.8 Å². The summed E-state index contributed by atoms with van der Waals surface area (Å²) in [5, 5.41) is 7.52. The number of hydrogen-bond donors (Lipinski definition) is 1. The standard InChI is InChI=1S/C21H26N4O2S/c1-5-16-15-9-11-28-17(15)8-10-25(16)18(26)7-6-14-12(2)19-13(3)23-24(4)20(19)22-21(14)27/h9,11,16H,5-8,10H2,1-4H3,(H,22,27). The van der Waals surface area contributed by atoms with Crippen LogP contribution in [0.3, 0.4) is 0 Å². The van der Waals surface area contributed by atoms with Gasteiger partial charge in [0.1, 0.15) is 5.65 Å². The Morgan fingerprint density at radius 3 is 2.93 bits per heavy atom. The van der Waals surface area contributed by atoms with E-state index in [2.05, 4.69) is 28.5 Å². The second-order valence-electron chi connectivity index (χ2n) is 7.55. The minimum Gasteiger partial charge on any atom is -0.335 e. The molecule has 6 nitrogen and oxygen atoms in total. The quantitative estimate of drug-likeness (QED) is 0.732. The molecule has 1 unspecified atom stereocenters. The third-order valence-corrected chi connectivity index (χ3v) is 6.94. The molecule has 4 rings (SSSR count). The van der Waals surface area contributed by atoms with E-state index in [0.717, 1.165) is 41.7 Å². The molecule has 0 aromatic carbocycles. The molecule has 0 aliphatic carbocycles. The van der Waals surface area contributed by atoms with Crippen molar-refractivity contribution >= 4 is 28.3 Å². The van der Waals surface area contributed by atoms with Crippen LogP contribution in [0.4, 0.5) is 0 Å². The van der Waals surface area contributed by atoms with Gasteiger partial charge in [0.15, 0.2) is 0 Å². The van der Waals surface area contributed by atoms with Gasteiger partial charge in [0.2, 0.25) is 5.91 Å². The molecular formula is C21H26N4O2S. The van der Waals surface area contributed by atoms with Crippen molar-refractivity contribution in [2.24, 2.45) is 7.05 Å². The Kier molecular flexibility index (Phi) is 4.87. The van der Waals surface area contributed by atoms with Gasteiger partial charge in [-0.25, -0.2) is 0 Å². The number of rotatable bonds is 4. The number of nitrogens with zero attached hydrogens (tertiary/aromatic N) is 3. The molecular weight excluding hydrogens is 372 g/mol. The van der Waals surface area contributed by atoms with Crippen LogP contribution in [0.2, 0.25) is 0 Å². The lowest BCUT2D eigenvalue weighted by molar-refractivity contribution is -0.134. The lowest BCUT2D eigenvalue weighted by Gasteiger charge is -2.35. The van der Waals surface area contributed by atoms with Gasteiger partial charge in [-0.05, 0) is 55.7 Å². The van der Waals surface area contributed by atoms with Crippen molar-refractivity contribution in [3.8, 4) is 0 Å². The summed E-state index contributed by atoms with van der Waals surface area (Å²) in [6, 6.07) is 2.31. The highest BCUT2D eigenvalue weighted by Crippen LogP contribution is 2.35. The Morgan fingerprint density at radius 2 is 2.18 bits per heavy atom. The van der Waals surface area contributed by atoms with E-state index < -0.39 is 0 Å². The Balaban J connectivity index is 1.57. The number of carbonyl (C=O) groups is 1.